The van der Waals surface area contributed by atoms with E-state index in [0.29, 0.717) is 6.42 Å². The van der Waals surface area contributed by atoms with E-state index in [1.807, 2.05) is 60.7 Å². The highest BCUT2D eigenvalue weighted by atomic mass is 16.3. The molecular weight excluding hydrogens is 306 g/mol. The lowest BCUT2D eigenvalue weighted by atomic mass is 9.83. The van der Waals surface area contributed by atoms with Crippen molar-refractivity contribution in [3.8, 4) is 0 Å². The molecule has 0 atom stereocenters. The molecule has 0 aromatic heterocycles. The SMILES string of the molecule is CCCCN(CCCC)CCC(O)(c1ccccc1)c1ccccc1. The van der Waals surface area contributed by atoms with E-state index in [1.54, 1.807) is 0 Å². The summed E-state index contributed by atoms with van der Waals surface area (Å²) in [6.07, 6.45) is 5.58. The number of hydrogen-bond acceptors (Lipinski definition) is 2. The average molecular weight is 340 g/mol. The van der Waals surface area contributed by atoms with Gasteiger partial charge in [-0.15, -0.1) is 0 Å². The quantitative estimate of drug-likeness (QED) is 0.607. The van der Waals surface area contributed by atoms with Gasteiger partial charge in [0.2, 0.25) is 0 Å². The summed E-state index contributed by atoms with van der Waals surface area (Å²) in [4.78, 5) is 2.52. The van der Waals surface area contributed by atoms with Gasteiger partial charge in [-0.2, -0.15) is 0 Å². The van der Waals surface area contributed by atoms with Gasteiger partial charge in [0.1, 0.15) is 5.60 Å². The predicted molar refractivity (Wildman–Crippen MR) is 107 cm³/mol. The minimum atomic E-state index is -0.931. The lowest BCUT2D eigenvalue weighted by Crippen LogP contribution is -2.35. The van der Waals surface area contributed by atoms with Crippen LogP contribution in [0.15, 0.2) is 60.7 Å². The topological polar surface area (TPSA) is 23.5 Å². The molecule has 0 fully saturated rings. The molecule has 0 heterocycles. The fraction of sp³-hybridized carbons (Fsp3) is 0.478. The summed E-state index contributed by atoms with van der Waals surface area (Å²) in [6, 6.07) is 20.2. The van der Waals surface area contributed by atoms with Crippen molar-refractivity contribution in [3.63, 3.8) is 0 Å². The Labute approximate surface area is 153 Å². The Hall–Kier alpha value is -1.64. The van der Waals surface area contributed by atoms with Crippen LogP contribution in [0.5, 0.6) is 0 Å². The van der Waals surface area contributed by atoms with Gasteiger partial charge >= 0.3 is 0 Å². The summed E-state index contributed by atoms with van der Waals surface area (Å²) in [5, 5.41) is 11.6. The summed E-state index contributed by atoms with van der Waals surface area (Å²) in [6.45, 7) is 7.64. The Bertz CT molecular complexity index is 534. The van der Waals surface area contributed by atoms with Crippen LogP contribution >= 0.6 is 0 Å². The third-order valence-corrected chi connectivity index (χ3v) is 4.95. The van der Waals surface area contributed by atoms with E-state index in [9.17, 15) is 5.11 Å². The molecule has 2 aromatic carbocycles. The average Bonchev–Trinajstić information content (AvgIpc) is 2.68. The number of rotatable bonds is 11. The summed E-state index contributed by atoms with van der Waals surface area (Å²) in [7, 11) is 0. The molecule has 0 aliphatic carbocycles. The maximum Gasteiger partial charge on any atom is 0.116 e. The van der Waals surface area contributed by atoms with Crippen molar-refractivity contribution >= 4 is 0 Å². The van der Waals surface area contributed by atoms with Gasteiger partial charge in [-0.05, 0) is 43.5 Å². The van der Waals surface area contributed by atoms with E-state index >= 15 is 0 Å². The van der Waals surface area contributed by atoms with Crippen LogP contribution in [0.3, 0.4) is 0 Å². The van der Waals surface area contributed by atoms with Gasteiger partial charge in [-0.3, -0.25) is 0 Å². The van der Waals surface area contributed by atoms with Gasteiger partial charge in [0, 0.05) is 6.54 Å². The Morgan fingerprint density at radius 3 is 1.56 bits per heavy atom. The van der Waals surface area contributed by atoms with E-state index in [2.05, 4.69) is 18.7 Å². The maximum absolute atomic E-state index is 11.6. The molecule has 2 nitrogen and oxygen atoms in total. The molecule has 0 aliphatic heterocycles. The minimum absolute atomic E-state index is 0.717. The van der Waals surface area contributed by atoms with Crippen LogP contribution in [0, 0.1) is 0 Å². The van der Waals surface area contributed by atoms with E-state index in [-0.39, 0.29) is 0 Å². The maximum atomic E-state index is 11.6. The Morgan fingerprint density at radius 1 is 0.720 bits per heavy atom. The molecule has 0 radical (unpaired) electrons. The van der Waals surface area contributed by atoms with Crippen molar-refractivity contribution < 1.29 is 5.11 Å². The second-order valence-corrected chi connectivity index (χ2v) is 6.89. The highest BCUT2D eigenvalue weighted by molar-refractivity contribution is 5.35. The van der Waals surface area contributed by atoms with Crippen molar-refractivity contribution in [1.29, 1.82) is 0 Å². The van der Waals surface area contributed by atoms with Crippen molar-refractivity contribution in [3.05, 3.63) is 71.8 Å². The van der Waals surface area contributed by atoms with Gasteiger partial charge < -0.3 is 10.0 Å². The van der Waals surface area contributed by atoms with Crippen LogP contribution in [0.25, 0.3) is 0 Å². The molecule has 0 unspecified atom stereocenters. The number of benzene rings is 2. The molecule has 2 rings (SSSR count). The molecule has 2 heteroatoms. The first-order valence-electron chi connectivity index (χ1n) is 9.76. The first-order chi connectivity index (χ1) is 12.2. The van der Waals surface area contributed by atoms with Crippen LogP contribution in [0.1, 0.15) is 57.1 Å². The molecule has 0 spiro atoms. The molecule has 136 valence electrons. The Balaban J connectivity index is 2.18. The molecule has 0 aliphatic rings. The highest BCUT2D eigenvalue weighted by Gasteiger charge is 2.31. The standard InChI is InChI=1S/C23H33NO/c1-3-5-18-24(19-6-4-2)20-17-23(25,21-13-9-7-10-14-21)22-15-11-8-12-16-22/h7-16,25H,3-6,17-20H2,1-2H3. The molecule has 2 aromatic rings. The van der Waals surface area contributed by atoms with Gasteiger partial charge in [0.05, 0.1) is 0 Å². The van der Waals surface area contributed by atoms with Crippen LogP contribution in [0.4, 0.5) is 0 Å². The summed E-state index contributed by atoms with van der Waals surface area (Å²) < 4.78 is 0. The highest BCUT2D eigenvalue weighted by Crippen LogP contribution is 2.33. The Morgan fingerprint density at radius 2 is 1.16 bits per heavy atom. The van der Waals surface area contributed by atoms with Crippen LogP contribution < -0.4 is 0 Å². The number of unbranched alkanes of at least 4 members (excludes halogenated alkanes) is 2. The van der Waals surface area contributed by atoms with E-state index in [1.165, 1.54) is 25.7 Å². The third kappa shape index (κ3) is 5.69. The van der Waals surface area contributed by atoms with Crippen molar-refractivity contribution in [2.45, 2.75) is 51.6 Å². The lowest BCUT2D eigenvalue weighted by Gasteiger charge is -2.32. The second-order valence-electron chi connectivity index (χ2n) is 6.89. The number of aliphatic hydroxyl groups is 1. The third-order valence-electron chi connectivity index (χ3n) is 4.95. The van der Waals surface area contributed by atoms with E-state index in [4.69, 9.17) is 0 Å². The summed E-state index contributed by atoms with van der Waals surface area (Å²) in [5.74, 6) is 0. The molecule has 1 N–H and O–H groups in total. The van der Waals surface area contributed by atoms with Crippen LogP contribution in [-0.4, -0.2) is 29.6 Å². The molecule has 0 saturated heterocycles. The summed E-state index contributed by atoms with van der Waals surface area (Å²) >= 11 is 0. The lowest BCUT2D eigenvalue weighted by molar-refractivity contribution is 0.0568. The Kier molecular flexibility index (Phi) is 8.17. The fourth-order valence-corrected chi connectivity index (χ4v) is 3.30. The predicted octanol–water partition coefficient (Wildman–Crippen LogP) is 5.21. The fourth-order valence-electron chi connectivity index (χ4n) is 3.30. The van der Waals surface area contributed by atoms with Crippen molar-refractivity contribution in [2.75, 3.05) is 19.6 Å². The zero-order valence-electron chi connectivity index (χ0n) is 15.8. The van der Waals surface area contributed by atoms with Crippen LogP contribution in [0.2, 0.25) is 0 Å². The van der Waals surface area contributed by atoms with Crippen molar-refractivity contribution in [1.82, 2.24) is 4.90 Å². The molecular formula is C23H33NO. The zero-order valence-corrected chi connectivity index (χ0v) is 15.8. The molecule has 0 amide bonds. The van der Waals surface area contributed by atoms with Gasteiger partial charge in [0.25, 0.3) is 0 Å². The smallest absolute Gasteiger partial charge is 0.116 e. The van der Waals surface area contributed by atoms with E-state index < -0.39 is 5.60 Å². The normalized spacial score (nSPS) is 11.8. The second kappa shape index (κ2) is 10.4. The van der Waals surface area contributed by atoms with E-state index in [0.717, 1.165) is 30.8 Å². The molecule has 25 heavy (non-hydrogen) atoms. The largest absolute Gasteiger partial charge is 0.380 e. The van der Waals surface area contributed by atoms with Gasteiger partial charge in [0.15, 0.2) is 0 Å². The molecule has 0 bridgehead atoms. The zero-order chi connectivity index (χ0) is 18.0. The van der Waals surface area contributed by atoms with Crippen LogP contribution in [-0.2, 0) is 5.60 Å². The monoisotopic (exact) mass is 339 g/mol. The van der Waals surface area contributed by atoms with Crippen molar-refractivity contribution in [2.24, 2.45) is 0 Å². The first-order valence-corrected chi connectivity index (χ1v) is 9.76. The molecule has 0 saturated carbocycles. The van der Waals surface area contributed by atoms with Gasteiger partial charge in [-0.1, -0.05) is 87.4 Å². The van der Waals surface area contributed by atoms with Gasteiger partial charge in [-0.25, -0.2) is 0 Å². The number of nitrogens with zero attached hydrogens (tertiary/aromatic N) is 1. The summed E-state index contributed by atoms with van der Waals surface area (Å²) in [5.41, 5.74) is 1.03. The first kappa shape index (κ1) is 19.7. The minimum Gasteiger partial charge on any atom is -0.380 e. The number of hydrogen-bond donors (Lipinski definition) is 1.